The molecule has 0 aliphatic heterocycles. The first-order valence-corrected chi connectivity index (χ1v) is 5.21. The minimum atomic E-state index is -0.152. The average molecular weight is 226 g/mol. The van der Waals surface area contributed by atoms with Gasteiger partial charge in [0.15, 0.2) is 5.82 Å². The van der Waals surface area contributed by atoms with Crippen molar-refractivity contribution in [3.8, 4) is 0 Å². The van der Waals surface area contributed by atoms with E-state index in [2.05, 4.69) is 15.6 Å². The molecule has 6 heteroatoms. The molecule has 0 saturated carbocycles. The molecule has 0 spiro atoms. The summed E-state index contributed by atoms with van der Waals surface area (Å²) < 4.78 is 6.57. The van der Waals surface area contributed by atoms with Crippen LogP contribution in [0, 0.1) is 0 Å². The number of methoxy groups -OCH3 is 1. The SMILES string of the molecule is COCCNCCNC(=O)c1nccn1C. The van der Waals surface area contributed by atoms with E-state index in [-0.39, 0.29) is 5.91 Å². The fraction of sp³-hybridized carbons (Fsp3) is 0.600. The molecule has 2 N–H and O–H groups in total. The predicted molar refractivity (Wildman–Crippen MR) is 60.3 cm³/mol. The zero-order chi connectivity index (χ0) is 11.8. The molecule has 1 amide bonds. The van der Waals surface area contributed by atoms with Crippen LogP contribution >= 0.6 is 0 Å². The van der Waals surface area contributed by atoms with Gasteiger partial charge >= 0.3 is 0 Å². The van der Waals surface area contributed by atoms with E-state index in [9.17, 15) is 4.79 Å². The van der Waals surface area contributed by atoms with E-state index in [1.807, 2.05) is 0 Å². The molecule has 1 aromatic rings. The van der Waals surface area contributed by atoms with Gasteiger partial charge < -0.3 is 19.9 Å². The molecule has 0 aliphatic rings. The zero-order valence-electron chi connectivity index (χ0n) is 9.69. The minimum absolute atomic E-state index is 0.152. The lowest BCUT2D eigenvalue weighted by Crippen LogP contribution is -2.34. The molecule has 0 aliphatic carbocycles. The van der Waals surface area contributed by atoms with Crippen LogP contribution in [-0.2, 0) is 11.8 Å². The Morgan fingerprint density at radius 1 is 1.50 bits per heavy atom. The van der Waals surface area contributed by atoms with Gasteiger partial charge in [-0.2, -0.15) is 0 Å². The van der Waals surface area contributed by atoms with Crippen LogP contribution in [0.25, 0.3) is 0 Å². The summed E-state index contributed by atoms with van der Waals surface area (Å²) in [6.45, 7) is 2.76. The number of rotatable bonds is 7. The zero-order valence-corrected chi connectivity index (χ0v) is 9.69. The third-order valence-corrected chi connectivity index (χ3v) is 2.09. The third-order valence-electron chi connectivity index (χ3n) is 2.09. The molecule has 0 unspecified atom stereocenters. The summed E-state index contributed by atoms with van der Waals surface area (Å²) in [5, 5.41) is 5.91. The Balaban J connectivity index is 2.14. The number of ether oxygens (including phenoxy) is 1. The summed E-state index contributed by atoms with van der Waals surface area (Å²) >= 11 is 0. The molecule has 0 radical (unpaired) electrons. The summed E-state index contributed by atoms with van der Waals surface area (Å²) in [5.74, 6) is 0.276. The number of carbonyl (C=O) groups is 1. The molecule has 0 aromatic carbocycles. The average Bonchev–Trinajstić information content (AvgIpc) is 2.69. The van der Waals surface area contributed by atoms with Gasteiger partial charge in [0.2, 0.25) is 0 Å². The molecule has 0 saturated heterocycles. The smallest absolute Gasteiger partial charge is 0.287 e. The first kappa shape index (κ1) is 12.7. The van der Waals surface area contributed by atoms with Crippen molar-refractivity contribution in [1.29, 1.82) is 0 Å². The van der Waals surface area contributed by atoms with Crippen LogP contribution in [0.4, 0.5) is 0 Å². The maximum atomic E-state index is 11.6. The first-order valence-electron chi connectivity index (χ1n) is 5.21. The number of amides is 1. The maximum absolute atomic E-state index is 11.6. The normalized spacial score (nSPS) is 10.4. The number of carbonyl (C=O) groups excluding carboxylic acids is 1. The molecule has 1 rings (SSSR count). The molecule has 1 heterocycles. The van der Waals surface area contributed by atoms with Crippen molar-refractivity contribution in [1.82, 2.24) is 20.2 Å². The molecule has 16 heavy (non-hydrogen) atoms. The van der Waals surface area contributed by atoms with Crippen molar-refractivity contribution in [2.75, 3.05) is 33.4 Å². The lowest BCUT2D eigenvalue weighted by atomic mass is 10.5. The molecule has 0 atom stereocenters. The molecule has 6 nitrogen and oxygen atoms in total. The second-order valence-corrected chi connectivity index (χ2v) is 3.36. The van der Waals surface area contributed by atoms with E-state index in [1.54, 1.807) is 31.1 Å². The van der Waals surface area contributed by atoms with Crippen LogP contribution in [0.2, 0.25) is 0 Å². The number of hydrogen-bond donors (Lipinski definition) is 2. The number of nitrogens with one attached hydrogen (secondary N) is 2. The summed E-state index contributed by atoms with van der Waals surface area (Å²) in [6, 6.07) is 0. The van der Waals surface area contributed by atoms with Crippen molar-refractivity contribution < 1.29 is 9.53 Å². The van der Waals surface area contributed by atoms with Crippen LogP contribution < -0.4 is 10.6 Å². The van der Waals surface area contributed by atoms with Gasteiger partial charge in [-0.1, -0.05) is 0 Å². The molecule has 90 valence electrons. The number of imidazole rings is 1. The van der Waals surface area contributed by atoms with Gasteiger partial charge in [-0.05, 0) is 0 Å². The monoisotopic (exact) mass is 226 g/mol. The topological polar surface area (TPSA) is 68.2 Å². The largest absolute Gasteiger partial charge is 0.383 e. The summed E-state index contributed by atoms with van der Waals surface area (Å²) in [7, 11) is 3.45. The van der Waals surface area contributed by atoms with Crippen molar-refractivity contribution >= 4 is 5.91 Å². The number of aryl methyl sites for hydroxylation is 1. The van der Waals surface area contributed by atoms with Gasteiger partial charge in [0.1, 0.15) is 0 Å². The van der Waals surface area contributed by atoms with Gasteiger partial charge in [-0.3, -0.25) is 4.79 Å². The highest BCUT2D eigenvalue weighted by atomic mass is 16.5. The van der Waals surface area contributed by atoms with Crippen molar-refractivity contribution in [2.45, 2.75) is 0 Å². The van der Waals surface area contributed by atoms with Crippen LogP contribution in [0.15, 0.2) is 12.4 Å². The fourth-order valence-corrected chi connectivity index (χ4v) is 1.23. The van der Waals surface area contributed by atoms with Crippen LogP contribution in [-0.4, -0.2) is 48.8 Å². The van der Waals surface area contributed by atoms with E-state index >= 15 is 0 Å². The van der Waals surface area contributed by atoms with Gasteiger partial charge in [-0.25, -0.2) is 4.98 Å². The summed E-state index contributed by atoms with van der Waals surface area (Å²) in [4.78, 5) is 15.5. The Morgan fingerprint density at radius 2 is 2.31 bits per heavy atom. The Hall–Kier alpha value is -1.40. The van der Waals surface area contributed by atoms with Crippen molar-refractivity contribution in [2.24, 2.45) is 7.05 Å². The minimum Gasteiger partial charge on any atom is -0.383 e. The molecule has 1 aromatic heterocycles. The highest BCUT2D eigenvalue weighted by molar-refractivity contribution is 5.90. The highest BCUT2D eigenvalue weighted by Crippen LogP contribution is 1.92. The van der Waals surface area contributed by atoms with Crippen LogP contribution in [0.3, 0.4) is 0 Å². The van der Waals surface area contributed by atoms with Crippen LogP contribution in [0.1, 0.15) is 10.6 Å². The van der Waals surface area contributed by atoms with E-state index in [0.29, 0.717) is 19.0 Å². The maximum Gasteiger partial charge on any atom is 0.287 e. The molecular formula is C10H18N4O2. The van der Waals surface area contributed by atoms with E-state index in [1.165, 1.54) is 0 Å². The molecule has 0 bridgehead atoms. The lowest BCUT2D eigenvalue weighted by Gasteiger charge is -2.06. The second kappa shape index (κ2) is 6.97. The number of aromatic nitrogens is 2. The van der Waals surface area contributed by atoms with E-state index in [0.717, 1.165) is 13.1 Å². The fourth-order valence-electron chi connectivity index (χ4n) is 1.23. The lowest BCUT2D eigenvalue weighted by molar-refractivity contribution is 0.0940. The van der Waals surface area contributed by atoms with Crippen LogP contribution in [0.5, 0.6) is 0 Å². The quantitative estimate of drug-likeness (QED) is 0.608. The predicted octanol–water partition coefficient (Wildman–Crippen LogP) is -0.614. The van der Waals surface area contributed by atoms with Gasteiger partial charge in [0, 0.05) is 46.2 Å². The highest BCUT2D eigenvalue weighted by Gasteiger charge is 2.08. The van der Waals surface area contributed by atoms with E-state index in [4.69, 9.17) is 4.74 Å². The standard InChI is InChI=1S/C10H18N4O2/c1-14-7-5-12-9(14)10(15)13-4-3-11-6-8-16-2/h5,7,11H,3-4,6,8H2,1-2H3,(H,13,15). The van der Waals surface area contributed by atoms with E-state index < -0.39 is 0 Å². The number of nitrogens with zero attached hydrogens (tertiary/aromatic N) is 2. The first-order chi connectivity index (χ1) is 7.75. The summed E-state index contributed by atoms with van der Waals surface area (Å²) in [5.41, 5.74) is 0. The van der Waals surface area contributed by atoms with Gasteiger partial charge in [-0.15, -0.1) is 0 Å². The van der Waals surface area contributed by atoms with Gasteiger partial charge in [0.25, 0.3) is 5.91 Å². The van der Waals surface area contributed by atoms with Crippen molar-refractivity contribution in [3.05, 3.63) is 18.2 Å². The number of hydrogen-bond acceptors (Lipinski definition) is 4. The summed E-state index contributed by atoms with van der Waals surface area (Å²) in [6.07, 6.45) is 3.34. The third kappa shape index (κ3) is 4.00. The molecule has 0 fully saturated rings. The molecular weight excluding hydrogens is 208 g/mol. The second-order valence-electron chi connectivity index (χ2n) is 3.36. The Morgan fingerprint density at radius 3 is 2.94 bits per heavy atom. The Kier molecular flexibility index (Phi) is 5.52. The van der Waals surface area contributed by atoms with Crippen molar-refractivity contribution in [3.63, 3.8) is 0 Å². The Bertz CT molecular complexity index is 324. The van der Waals surface area contributed by atoms with Gasteiger partial charge in [0.05, 0.1) is 6.61 Å². The Labute approximate surface area is 95.0 Å².